The Labute approximate surface area is 169 Å². The number of aryl methyl sites for hydroxylation is 1. The number of aromatic hydroxyl groups is 1. The largest absolute Gasteiger partial charge is 0.507 e. The van der Waals surface area contributed by atoms with Gasteiger partial charge in [-0.05, 0) is 36.8 Å². The minimum absolute atomic E-state index is 0.117. The molecule has 0 aliphatic carbocycles. The molecular formula is C23H26NO5+. The first-order chi connectivity index (χ1) is 14.0. The summed E-state index contributed by atoms with van der Waals surface area (Å²) < 4.78 is 16.8. The van der Waals surface area contributed by atoms with E-state index in [2.05, 4.69) is 0 Å². The van der Waals surface area contributed by atoms with Crippen molar-refractivity contribution in [3.8, 4) is 28.4 Å². The molecule has 2 N–H and O–H groups in total. The number of benzene rings is 2. The number of ether oxygens (including phenoxy) is 2. The Morgan fingerprint density at radius 3 is 2.48 bits per heavy atom. The molecule has 1 aliphatic heterocycles. The molecule has 29 heavy (non-hydrogen) atoms. The van der Waals surface area contributed by atoms with Crippen molar-refractivity contribution in [2.45, 2.75) is 26.3 Å². The lowest BCUT2D eigenvalue weighted by Crippen LogP contribution is -3.08. The van der Waals surface area contributed by atoms with Gasteiger partial charge in [-0.15, -0.1) is 0 Å². The molecule has 1 fully saturated rings. The van der Waals surface area contributed by atoms with E-state index in [-0.39, 0.29) is 11.2 Å². The highest BCUT2D eigenvalue weighted by Crippen LogP contribution is 2.34. The Bertz CT molecular complexity index is 1110. The standard InChI is InChI=1S/C23H25NO5/c1-14-21(15-6-9-19(27-2)20(12-15)28-3)22(26)16-7-8-18(25)17(23(16)29-14)13-24-10-4-5-11-24/h6-9,12,25H,4-5,10-11,13H2,1-3H3/p+1. The second kappa shape index (κ2) is 7.79. The Morgan fingerprint density at radius 2 is 1.79 bits per heavy atom. The fraction of sp³-hybridized carbons (Fsp3) is 0.348. The molecule has 0 radical (unpaired) electrons. The van der Waals surface area contributed by atoms with Crippen molar-refractivity contribution in [1.29, 1.82) is 0 Å². The van der Waals surface area contributed by atoms with Crippen molar-refractivity contribution in [2.75, 3.05) is 27.3 Å². The summed E-state index contributed by atoms with van der Waals surface area (Å²) in [6.45, 7) is 4.58. The maximum Gasteiger partial charge on any atom is 0.200 e. The van der Waals surface area contributed by atoms with Crippen molar-refractivity contribution in [1.82, 2.24) is 0 Å². The van der Waals surface area contributed by atoms with Crippen molar-refractivity contribution in [3.05, 3.63) is 51.9 Å². The van der Waals surface area contributed by atoms with Gasteiger partial charge in [0.1, 0.15) is 18.1 Å². The third kappa shape index (κ3) is 3.44. The van der Waals surface area contributed by atoms with Gasteiger partial charge in [0.05, 0.1) is 43.8 Å². The number of hydrogen-bond acceptors (Lipinski definition) is 5. The molecule has 3 aromatic rings. The van der Waals surface area contributed by atoms with Crippen LogP contribution in [0.4, 0.5) is 0 Å². The van der Waals surface area contributed by atoms with Crippen molar-refractivity contribution < 1.29 is 23.9 Å². The summed E-state index contributed by atoms with van der Waals surface area (Å²) in [5.74, 6) is 1.84. The smallest absolute Gasteiger partial charge is 0.200 e. The highest BCUT2D eigenvalue weighted by molar-refractivity contribution is 5.86. The van der Waals surface area contributed by atoms with Gasteiger partial charge in [-0.1, -0.05) is 6.07 Å². The Kier molecular flexibility index (Phi) is 5.20. The van der Waals surface area contributed by atoms with Crippen LogP contribution < -0.4 is 19.8 Å². The minimum Gasteiger partial charge on any atom is -0.507 e. The first-order valence-electron chi connectivity index (χ1n) is 9.87. The van der Waals surface area contributed by atoms with Gasteiger partial charge in [-0.2, -0.15) is 0 Å². The maximum atomic E-state index is 13.4. The van der Waals surface area contributed by atoms with Crippen LogP contribution in [-0.2, 0) is 6.54 Å². The second-order valence-corrected chi connectivity index (χ2v) is 7.51. The molecule has 2 aromatic carbocycles. The third-order valence-corrected chi connectivity index (χ3v) is 5.72. The lowest BCUT2D eigenvalue weighted by atomic mass is 10.0. The summed E-state index contributed by atoms with van der Waals surface area (Å²) in [5.41, 5.74) is 2.27. The average Bonchev–Trinajstić information content (AvgIpc) is 3.23. The van der Waals surface area contributed by atoms with Crippen LogP contribution in [0, 0.1) is 6.92 Å². The number of hydrogen-bond donors (Lipinski definition) is 2. The molecule has 152 valence electrons. The summed E-state index contributed by atoms with van der Waals surface area (Å²) in [4.78, 5) is 14.8. The number of likely N-dealkylation sites (tertiary alicyclic amines) is 1. The van der Waals surface area contributed by atoms with E-state index in [1.54, 1.807) is 45.4 Å². The third-order valence-electron chi connectivity index (χ3n) is 5.72. The molecular weight excluding hydrogens is 370 g/mol. The van der Waals surface area contributed by atoms with Crippen LogP contribution in [0.25, 0.3) is 22.1 Å². The molecule has 2 heterocycles. The zero-order chi connectivity index (χ0) is 20.5. The number of methoxy groups -OCH3 is 2. The van der Waals surface area contributed by atoms with E-state index >= 15 is 0 Å². The number of rotatable bonds is 5. The molecule has 0 saturated carbocycles. The van der Waals surface area contributed by atoms with Crippen molar-refractivity contribution >= 4 is 11.0 Å². The molecule has 0 bridgehead atoms. The molecule has 0 amide bonds. The van der Waals surface area contributed by atoms with E-state index in [0.717, 1.165) is 13.1 Å². The molecule has 6 nitrogen and oxygen atoms in total. The van der Waals surface area contributed by atoms with Crippen LogP contribution in [-0.4, -0.2) is 32.4 Å². The van der Waals surface area contributed by atoms with Crippen molar-refractivity contribution in [2.24, 2.45) is 0 Å². The van der Waals surface area contributed by atoms with E-state index < -0.39 is 0 Å². The zero-order valence-corrected chi connectivity index (χ0v) is 17.0. The Hall–Kier alpha value is -2.99. The van der Waals surface area contributed by atoms with Crippen LogP contribution in [0.3, 0.4) is 0 Å². The SMILES string of the molecule is COc1ccc(-c2c(C)oc3c(C[NH+]4CCCC4)c(O)ccc3c2=O)cc1OC. The Balaban J connectivity index is 1.88. The van der Waals surface area contributed by atoms with Crippen LogP contribution in [0.5, 0.6) is 17.2 Å². The lowest BCUT2D eigenvalue weighted by molar-refractivity contribution is -0.901. The lowest BCUT2D eigenvalue weighted by Gasteiger charge is -2.16. The fourth-order valence-electron chi connectivity index (χ4n) is 4.21. The fourth-order valence-corrected chi connectivity index (χ4v) is 4.21. The van der Waals surface area contributed by atoms with Gasteiger partial charge in [0.25, 0.3) is 0 Å². The molecule has 0 atom stereocenters. The predicted molar refractivity (Wildman–Crippen MR) is 111 cm³/mol. The number of nitrogens with one attached hydrogen (secondary N) is 1. The number of fused-ring (bicyclic) bond motifs is 1. The molecule has 1 aliphatic rings. The minimum atomic E-state index is -0.117. The first kappa shape index (κ1) is 19.3. The summed E-state index contributed by atoms with van der Waals surface area (Å²) in [7, 11) is 3.14. The number of phenols is 1. The zero-order valence-electron chi connectivity index (χ0n) is 17.0. The van der Waals surface area contributed by atoms with Gasteiger partial charge in [0.2, 0.25) is 5.43 Å². The molecule has 6 heteroatoms. The van der Waals surface area contributed by atoms with Crippen LogP contribution in [0.2, 0.25) is 0 Å². The predicted octanol–water partition coefficient (Wildman–Crippen LogP) is 2.67. The van der Waals surface area contributed by atoms with E-state index in [0.29, 0.717) is 51.5 Å². The topological polar surface area (TPSA) is 73.3 Å². The quantitative estimate of drug-likeness (QED) is 0.694. The van der Waals surface area contributed by atoms with E-state index in [4.69, 9.17) is 13.9 Å². The molecule has 4 rings (SSSR count). The van der Waals surface area contributed by atoms with Gasteiger partial charge < -0.3 is 23.9 Å². The van der Waals surface area contributed by atoms with Gasteiger partial charge in [0, 0.05) is 12.8 Å². The number of quaternary nitrogens is 1. The highest BCUT2D eigenvalue weighted by Gasteiger charge is 2.23. The molecule has 1 saturated heterocycles. The van der Waals surface area contributed by atoms with E-state index in [9.17, 15) is 9.90 Å². The Morgan fingerprint density at radius 1 is 1.07 bits per heavy atom. The van der Waals surface area contributed by atoms with Gasteiger partial charge >= 0.3 is 0 Å². The van der Waals surface area contributed by atoms with Crippen LogP contribution >= 0.6 is 0 Å². The highest BCUT2D eigenvalue weighted by atomic mass is 16.5. The summed E-state index contributed by atoms with van der Waals surface area (Å²) >= 11 is 0. The number of phenolic OH excluding ortho intramolecular Hbond substituents is 1. The van der Waals surface area contributed by atoms with E-state index in [1.807, 2.05) is 6.07 Å². The van der Waals surface area contributed by atoms with Crippen molar-refractivity contribution in [3.63, 3.8) is 0 Å². The normalized spacial score (nSPS) is 14.4. The summed E-state index contributed by atoms with van der Waals surface area (Å²) in [5, 5.41) is 10.9. The summed E-state index contributed by atoms with van der Waals surface area (Å²) in [6.07, 6.45) is 2.38. The molecule has 1 aromatic heterocycles. The molecule has 0 unspecified atom stereocenters. The monoisotopic (exact) mass is 396 g/mol. The molecule has 0 spiro atoms. The first-order valence-corrected chi connectivity index (χ1v) is 9.87. The van der Waals surface area contributed by atoms with Gasteiger partial charge in [-0.25, -0.2) is 0 Å². The summed E-state index contributed by atoms with van der Waals surface area (Å²) in [6, 6.07) is 8.61. The van der Waals surface area contributed by atoms with Gasteiger partial charge in [-0.3, -0.25) is 4.79 Å². The average molecular weight is 396 g/mol. The maximum absolute atomic E-state index is 13.4. The second-order valence-electron chi connectivity index (χ2n) is 7.51. The van der Waals surface area contributed by atoms with E-state index in [1.165, 1.54) is 17.7 Å². The van der Waals surface area contributed by atoms with Gasteiger partial charge in [0.15, 0.2) is 17.1 Å². The van der Waals surface area contributed by atoms with Crippen LogP contribution in [0.1, 0.15) is 24.2 Å². The van der Waals surface area contributed by atoms with Crippen LogP contribution in [0.15, 0.2) is 39.5 Å².